The lowest BCUT2D eigenvalue weighted by molar-refractivity contribution is 0.0543. The van der Waals surface area contributed by atoms with Gasteiger partial charge in [-0.2, -0.15) is 10.1 Å². The summed E-state index contributed by atoms with van der Waals surface area (Å²) in [6.45, 7) is 5.18. The number of rotatable bonds is 3. The molecule has 112 valence electrons. The Kier molecular flexibility index (Phi) is 4.01. The molecule has 0 aromatic carbocycles. The topological polar surface area (TPSA) is 82.1 Å². The van der Waals surface area contributed by atoms with Crippen molar-refractivity contribution in [2.24, 2.45) is 0 Å². The standard InChI is InChI=1S/C14H20N6O/c1-11-8-16-14(15)18-13(11)19-5-3-7-21-12(9-19)10-20-6-2-4-17-20/h2,4,6,8,12H,3,5,7,9-10H2,1H3,(H2,15,16,18). The predicted molar refractivity (Wildman–Crippen MR) is 80.0 cm³/mol. The van der Waals surface area contributed by atoms with Gasteiger partial charge in [0.1, 0.15) is 5.82 Å². The van der Waals surface area contributed by atoms with E-state index in [0.29, 0.717) is 5.95 Å². The van der Waals surface area contributed by atoms with Gasteiger partial charge in [-0.05, 0) is 19.4 Å². The quantitative estimate of drug-likeness (QED) is 0.902. The fourth-order valence-corrected chi connectivity index (χ4v) is 2.58. The van der Waals surface area contributed by atoms with Crippen molar-refractivity contribution in [3.05, 3.63) is 30.2 Å². The first kappa shape index (κ1) is 13.8. The van der Waals surface area contributed by atoms with Crippen LogP contribution in [0, 0.1) is 6.92 Å². The van der Waals surface area contributed by atoms with Gasteiger partial charge in [-0.25, -0.2) is 4.98 Å². The molecule has 0 spiro atoms. The molecule has 1 saturated heterocycles. The first-order chi connectivity index (χ1) is 10.2. The van der Waals surface area contributed by atoms with Crippen molar-refractivity contribution in [2.45, 2.75) is 26.0 Å². The minimum atomic E-state index is 0.0861. The summed E-state index contributed by atoms with van der Waals surface area (Å²) >= 11 is 0. The molecule has 7 nitrogen and oxygen atoms in total. The van der Waals surface area contributed by atoms with Crippen LogP contribution in [0.3, 0.4) is 0 Å². The summed E-state index contributed by atoms with van der Waals surface area (Å²) in [7, 11) is 0. The number of aryl methyl sites for hydroxylation is 1. The maximum absolute atomic E-state index is 5.92. The first-order valence-corrected chi connectivity index (χ1v) is 7.15. The summed E-state index contributed by atoms with van der Waals surface area (Å²) in [5.74, 6) is 1.21. The van der Waals surface area contributed by atoms with Crippen LogP contribution in [0.5, 0.6) is 0 Å². The normalized spacial score (nSPS) is 19.5. The molecule has 2 aromatic heterocycles. The minimum absolute atomic E-state index is 0.0861. The van der Waals surface area contributed by atoms with E-state index in [1.54, 1.807) is 12.4 Å². The second kappa shape index (κ2) is 6.09. The van der Waals surface area contributed by atoms with Crippen LogP contribution in [0.4, 0.5) is 11.8 Å². The number of aromatic nitrogens is 4. The van der Waals surface area contributed by atoms with Crippen LogP contribution < -0.4 is 10.6 Å². The molecule has 1 atom stereocenters. The third kappa shape index (κ3) is 3.30. The van der Waals surface area contributed by atoms with Crippen molar-refractivity contribution in [1.82, 2.24) is 19.7 Å². The fourth-order valence-electron chi connectivity index (χ4n) is 2.58. The lowest BCUT2D eigenvalue weighted by Gasteiger charge is -2.26. The van der Waals surface area contributed by atoms with E-state index in [9.17, 15) is 0 Å². The van der Waals surface area contributed by atoms with Gasteiger partial charge in [0, 0.05) is 43.9 Å². The van der Waals surface area contributed by atoms with E-state index in [4.69, 9.17) is 10.5 Å². The Labute approximate surface area is 123 Å². The Balaban J connectivity index is 1.76. The summed E-state index contributed by atoms with van der Waals surface area (Å²) in [5.41, 5.74) is 6.75. The number of nitrogen functional groups attached to an aromatic ring is 1. The van der Waals surface area contributed by atoms with E-state index in [0.717, 1.165) is 44.0 Å². The Morgan fingerprint density at radius 1 is 1.48 bits per heavy atom. The second-order valence-electron chi connectivity index (χ2n) is 5.26. The smallest absolute Gasteiger partial charge is 0.221 e. The second-order valence-corrected chi connectivity index (χ2v) is 5.26. The van der Waals surface area contributed by atoms with Crippen molar-refractivity contribution in [1.29, 1.82) is 0 Å². The average molecular weight is 288 g/mol. The zero-order valence-corrected chi connectivity index (χ0v) is 12.1. The molecule has 1 aliphatic rings. The van der Waals surface area contributed by atoms with Gasteiger partial charge in [-0.1, -0.05) is 0 Å². The van der Waals surface area contributed by atoms with Gasteiger partial charge in [-0.3, -0.25) is 4.68 Å². The van der Waals surface area contributed by atoms with Crippen molar-refractivity contribution in [3.8, 4) is 0 Å². The van der Waals surface area contributed by atoms with Gasteiger partial charge in [0.05, 0.1) is 12.6 Å². The molecule has 1 fully saturated rings. The Bertz CT molecular complexity index is 585. The van der Waals surface area contributed by atoms with Gasteiger partial charge in [0.15, 0.2) is 0 Å². The Hall–Kier alpha value is -2.15. The summed E-state index contributed by atoms with van der Waals surface area (Å²) < 4.78 is 7.82. The van der Waals surface area contributed by atoms with Crippen LogP contribution in [0.2, 0.25) is 0 Å². The van der Waals surface area contributed by atoms with Gasteiger partial charge in [0.25, 0.3) is 0 Å². The molecule has 2 N–H and O–H groups in total. The van der Waals surface area contributed by atoms with Crippen molar-refractivity contribution < 1.29 is 4.74 Å². The third-order valence-corrected chi connectivity index (χ3v) is 3.56. The molecule has 0 aliphatic carbocycles. The third-order valence-electron chi connectivity index (χ3n) is 3.56. The van der Waals surface area contributed by atoms with Crippen LogP contribution in [-0.2, 0) is 11.3 Å². The van der Waals surface area contributed by atoms with Crippen molar-refractivity contribution in [3.63, 3.8) is 0 Å². The van der Waals surface area contributed by atoms with Crippen LogP contribution in [0.15, 0.2) is 24.7 Å². The van der Waals surface area contributed by atoms with Crippen LogP contribution >= 0.6 is 0 Å². The largest absolute Gasteiger partial charge is 0.374 e. The highest BCUT2D eigenvalue weighted by molar-refractivity contribution is 5.48. The maximum Gasteiger partial charge on any atom is 0.221 e. The number of nitrogens with two attached hydrogens (primary N) is 1. The molecule has 3 heterocycles. The summed E-state index contributed by atoms with van der Waals surface area (Å²) in [6, 6.07) is 1.92. The van der Waals surface area contributed by atoms with Gasteiger partial charge in [-0.15, -0.1) is 0 Å². The van der Waals surface area contributed by atoms with E-state index >= 15 is 0 Å². The van der Waals surface area contributed by atoms with E-state index in [1.165, 1.54) is 0 Å². The number of hydrogen-bond donors (Lipinski definition) is 1. The zero-order chi connectivity index (χ0) is 14.7. The van der Waals surface area contributed by atoms with Crippen molar-refractivity contribution in [2.75, 3.05) is 30.3 Å². The van der Waals surface area contributed by atoms with E-state index in [2.05, 4.69) is 20.0 Å². The highest BCUT2D eigenvalue weighted by Crippen LogP contribution is 2.20. The lowest BCUT2D eigenvalue weighted by atomic mass is 10.2. The summed E-state index contributed by atoms with van der Waals surface area (Å²) in [6.07, 6.45) is 6.56. The lowest BCUT2D eigenvalue weighted by Crippen LogP contribution is -2.35. The van der Waals surface area contributed by atoms with E-state index in [1.807, 2.05) is 23.9 Å². The molecular formula is C14H20N6O. The molecule has 0 radical (unpaired) electrons. The summed E-state index contributed by atoms with van der Waals surface area (Å²) in [4.78, 5) is 10.6. The minimum Gasteiger partial charge on any atom is -0.374 e. The fraction of sp³-hybridized carbons (Fsp3) is 0.500. The molecule has 1 aliphatic heterocycles. The molecule has 3 rings (SSSR count). The van der Waals surface area contributed by atoms with E-state index < -0.39 is 0 Å². The highest BCUT2D eigenvalue weighted by Gasteiger charge is 2.21. The molecule has 0 amide bonds. The number of hydrogen-bond acceptors (Lipinski definition) is 6. The van der Waals surface area contributed by atoms with Gasteiger partial charge >= 0.3 is 0 Å². The molecule has 21 heavy (non-hydrogen) atoms. The SMILES string of the molecule is Cc1cnc(N)nc1N1CCCOC(Cn2cccn2)C1. The number of ether oxygens (including phenoxy) is 1. The summed E-state index contributed by atoms with van der Waals surface area (Å²) in [5, 5.41) is 4.24. The van der Waals surface area contributed by atoms with Crippen LogP contribution in [0.25, 0.3) is 0 Å². The van der Waals surface area contributed by atoms with Crippen LogP contribution in [0.1, 0.15) is 12.0 Å². The predicted octanol–water partition coefficient (Wildman–Crippen LogP) is 0.859. The molecule has 7 heteroatoms. The molecule has 0 saturated carbocycles. The number of nitrogens with zero attached hydrogens (tertiary/aromatic N) is 5. The zero-order valence-electron chi connectivity index (χ0n) is 12.1. The van der Waals surface area contributed by atoms with Crippen molar-refractivity contribution >= 4 is 11.8 Å². The Morgan fingerprint density at radius 3 is 3.19 bits per heavy atom. The Morgan fingerprint density at radius 2 is 2.38 bits per heavy atom. The molecule has 1 unspecified atom stereocenters. The highest BCUT2D eigenvalue weighted by atomic mass is 16.5. The maximum atomic E-state index is 5.92. The molecular weight excluding hydrogens is 268 g/mol. The molecule has 0 bridgehead atoms. The van der Waals surface area contributed by atoms with Gasteiger partial charge < -0.3 is 15.4 Å². The first-order valence-electron chi connectivity index (χ1n) is 7.15. The monoisotopic (exact) mass is 288 g/mol. The average Bonchev–Trinajstić information content (AvgIpc) is 2.86. The van der Waals surface area contributed by atoms with E-state index in [-0.39, 0.29) is 6.10 Å². The van der Waals surface area contributed by atoms with Crippen LogP contribution in [-0.4, -0.2) is 45.5 Å². The molecule has 2 aromatic rings. The van der Waals surface area contributed by atoms with Gasteiger partial charge in [0.2, 0.25) is 5.95 Å². The number of anilines is 2.